The van der Waals surface area contributed by atoms with Crippen molar-refractivity contribution in [3.8, 4) is 17.2 Å². The molecule has 1 aliphatic heterocycles. The van der Waals surface area contributed by atoms with Crippen molar-refractivity contribution in [3.05, 3.63) is 53.6 Å². The molecule has 126 valence electrons. The Labute approximate surface area is 137 Å². The van der Waals surface area contributed by atoms with Gasteiger partial charge in [-0.15, -0.1) is 0 Å². The highest BCUT2D eigenvalue weighted by Crippen LogP contribution is 2.32. The van der Waals surface area contributed by atoms with E-state index in [1.165, 1.54) is 13.0 Å². The van der Waals surface area contributed by atoms with E-state index in [0.29, 0.717) is 11.5 Å². The molecule has 0 fully saturated rings. The second kappa shape index (κ2) is 6.74. The number of rotatable bonds is 5. The van der Waals surface area contributed by atoms with Gasteiger partial charge in [0.05, 0.1) is 0 Å². The van der Waals surface area contributed by atoms with Crippen molar-refractivity contribution in [2.45, 2.75) is 19.6 Å². The summed E-state index contributed by atoms with van der Waals surface area (Å²) in [6.07, 6.45) is -0.858. The van der Waals surface area contributed by atoms with Crippen LogP contribution in [0.4, 0.5) is 8.78 Å². The zero-order valence-electron chi connectivity index (χ0n) is 12.8. The Hall–Kier alpha value is -2.83. The molecule has 2 aromatic rings. The van der Waals surface area contributed by atoms with Gasteiger partial charge in [0.25, 0.3) is 5.91 Å². The Morgan fingerprint density at radius 2 is 1.96 bits per heavy atom. The average Bonchev–Trinajstić information content (AvgIpc) is 3.03. The molecule has 1 amide bonds. The van der Waals surface area contributed by atoms with Crippen molar-refractivity contribution in [1.29, 1.82) is 0 Å². The molecule has 0 radical (unpaired) electrons. The number of hydrogen-bond acceptors (Lipinski definition) is 4. The molecule has 1 atom stereocenters. The van der Waals surface area contributed by atoms with E-state index in [4.69, 9.17) is 14.2 Å². The minimum absolute atomic E-state index is 0.0830. The maximum absolute atomic E-state index is 13.1. The third-order valence-electron chi connectivity index (χ3n) is 3.48. The van der Waals surface area contributed by atoms with Gasteiger partial charge in [-0.1, -0.05) is 6.07 Å². The van der Waals surface area contributed by atoms with Gasteiger partial charge in [0.15, 0.2) is 29.2 Å². The number of fused-ring (bicyclic) bond motifs is 1. The monoisotopic (exact) mass is 335 g/mol. The minimum Gasteiger partial charge on any atom is -0.481 e. The number of hydrogen-bond donors (Lipinski definition) is 1. The quantitative estimate of drug-likeness (QED) is 0.913. The first-order valence-corrected chi connectivity index (χ1v) is 7.31. The molecular formula is C17H15F2NO4. The van der Waals surface area contributed by atoms with Gasteiger partial charge in [0.2, 0.25) is 6.79 Å². The second-order valence-corrected chi connectivity index (χ2v) is 5.24. The van der Waals surface area contributed by atoms with Crippen LogP contribution in [0.3, 0.4) is 0 Å². The van der Waals surface area contributed by atoms with Gasteiger partial charge in [-0.3, -0.25) is 4.79 Å². The highest BCUT2D eigenvalue weighted by atomic mass is 19.2. The molecule has 0 bridgehead atoms. The molecule has 3 rings (SSSR count). The first-order valence-electron chi connectivity index (χ1n) is 7.31. The zero-order chi connectivity index (χ0) is 17.1. The Kier molecular flexibility index (Phi) is 4.50. The summed E-state index contributed by atoms with van der Waals surface area (Å²) in [4.78, 5) is 12.0. The van der Waals surface area contributed by atoms with Gasteiger partial charge in [-0.05, 0) is 36.8 Å². The molecule has 0 saturated heterocycles. The molecule has 0 aromatic heterocycles. The standard InChI is InChI=1S/C17H15F2NO4/c1-10(24-12-3-4-13(18)14(19)7-12)17(21)20-8-11-2-5-15-16(6-11)23-9-22-15/h2-7,10H,8-9H2,1H3,(H,20,21). The van der Waals surface area contributed by atoms with Crippen LogP contribution in [0.5, 0.6) is 17.2 Å². The third-order valence-corrected chi connectivity index (χ3v) is 3.48. The lowest BCUT2D eigenvalue weighted by Crippen LogP contribution is -2.35. The van der Waals surface area contributed by atoms with E-state index in [0.717, 1.165) is 17.7 Å². The maximum Gasteiger partial charge on any atom is 0.261 e. The van der Waals surface area contributed by atoms with Crippen molar-refractivity contribution in [1.82, 2.24) is 5.32 Å². The first kappa shape index (κ1) is 16.0. The first-order chi connectivity index (χ1) is 11.5. The summed E-state index contributed by atoms with van der Waals surface area (Å²) in [6, 6.07) is 8.47. The molecule has 1 aliphatic rings. The van der Waals surface area contributed by atoms with Gasteiger partial charge in [-0.25, -0.2) is 8.78 Å². The van der Waals surface area contributed by atoms with Gasteiger partial charge in [0, 0.05) is 12.6 Å². The van der Waals surface area contributed by atoms with E-state index < -0.39 is 17.7 Å². The minimum atomic E-state index is -1.03. The highest BCUT2D eigenvalue weighted by Gasteiger charge is 2.17. The van der Waals surface area contributed by atoms with Crippen LogP contribution >= 0.6 is 0 Å². The largest absolute Gasteiger partial charge is 0.481 e. The molecule has 1 N–H and O–H groups in total. The molecule has 24 heavy (non-hydrogen) atoms. The predicted molar refractivity (Wildman–Crippen MR) is 80.9 cm³/mol. The number of halogens is 2. The molecule has 0 aliphatic carbocycles. The number of nitrogens with one attached hydrogen (secondary N) is 1. The van der Waals surface area contributed by atoms with E-state index in [-0.39, 0.29) is 25.0 Å². The van der Waals surface area contributed by atoms with Gasteiger partial charge < -0.3 is 19.5 Å². The Morgan fingerprint density at radius 1 is 1.17 bits per heavy atom. The average molecular weight is 335 g/mol. The summed E-state index contributed by atoms with van der Waals surface area (Å²) in [5, 5.41) is 2.71. The summed E-state index contributed by atoms with van der Waals surface area (Å²) in [7, 11) is 0. The second-order valence-electron chi connectivity index (χ2n) is 5.24. The summed E-state index contributed by atoms with van der Waals surface area (Å²) < 4.78 is 41.8. The maximum atomic E-state index is 13.1. The van der Waals surface area contributed by atoms with Gasteiger partial charge in [0.1, 0.15) is 5.75 Å². The lowest BCUT2D eigenvalue weighted by atomic mass is 10.2. The van der Waals surface area contributed by atoms with E-state index in [9.17, 15) is 13.6 Å². The van der Waals surface area contributed by atoms with E-state index in [1.807, 2.05) is 6.07 Å². The summed E-state index contributed by atoms with van der Waals surface area (Å²) in [6.45, 7) is 1.99. The van der Waals surface area contributed by atoms with E-state index in [1.54, 1.807) is 12.1 Å². The van der Waals surface area contributed by atoms with Crippen molar-refractivity contribution in [3.63, 3.8) is 0 Å². The van der Waals surface area contributed by atoms with Crippen LogP contribution < -0.4 is 19.5 Å². The van der Waals surface area contributed by atoms with Gasteiger partial charge in [-0.2, -0.15) is 0 Å². The smallest absolute Gasteiger partial charge is 0.261 e. The van der Waals surface area contributed by atoms with Crippen LogP contribution in [-0.2, 0) is 11.3 Å². The van der Waals surface area contributed by atoms with E-state index >= 15 is 0 Å². The molecule has 7 heteroatoms. The molecule has 1 unspecified atom stereocenters. The van der Waals surface area contributed by atoms with Crippen LogP contribution in [-0.4, -0.2) is 18.8 Å². The molecule has 0 spiro atoms. The SMILES string of the molecule is CC(Oc1ccc(F)c(F)c1)C(=O)NCc1ccc2c(c1)OCO2. The molecule has 0 saturated carbocycles. The Bertz CT molecular complexity index is 766. The van der Waals surface area contributed by atoms with Crippen LogP contribution in [0.25, 0.3) is 0 Å². The fourth-order valence-electron chi connectivity index (χ4n) is 2.19. The normalized spacial score (nSPS) is 13.5. The van der Waals surface area contributed by atoms with Crippen LogP contribution in [0.1, 0.15) is 12.5 Å². The van der Waals surface area contributed by atoms with Crippen molar-refractivity contribution in [2.75, 3.05) is 6.79 Å². The zero-order valence-corrected chi connectivity index (χ0v) is 12.8. The number of amides is 1. The molecular weight excluding hydrogens is 320 g/mol. The van der Waals surface area contributed by atoms with Crippen molar-refractivity contribution in [2.24, 2.45) is 0 Å². The van der Waals surface area contributed by atoms with Crippen molar-refractivity contribution < 1.29 is 27.8 Å². The van der Waals surface area contributed by atoms with Crippen molar-refractivity contribution >= 4 is 5.91 Å². The van der Waals surface area contributed by atoms with Crippen LogP contribution in [0, 0.1) is 11.6 Å². The van der Waals surface area contributed by atoms with E-state index in [2.05, 4.69) is 5.32 Å². The van der Waals surface area contributed by atoms with Crippen LogP contribution in [0.15, 0.2) is 36.4 Å². The lowest BCUT2D eigenvalue weighted by Gasteiger charge is -2.15. The lowest BCUT2D eigenvalue weighted by molar-refractivity contribution is -0.127. The third kappa shape index (κ3) is 3.56. The fraction of sp³-hybridized carbons (Fsp3) is 0.235. The summed E-state index contributed by atoms with van der Waals surface area (Å²) in [5.74, 6) is -0.993. The summed E-state index contributed by atoms with van der Waals surface area (Å²) >= 11 is 0. The topological polar surface area (TPSA) is 56.8 Å². The fourth-order valence-corrected chi connectivity index (χ4v) is 2.19. The number of ether oxygens (including phenoxy) is 3. The molecule has 2 aromatic carbocycles. The molecule has 5 nitrogen and oxygen atoms in total. The Balaban J connectivity index is 1.55. The van der Waals surface area contributed by atoms with Gasteiger partial charge >= 0.3 is 0 Å². The number of carbonyl (C=O) groups is 1. The predicted octanol–water partition coefficient (Wildman–Crippen LogP) is 2.78. The number of carbonyl (C=O) groups excluding carboxylic acids is 1. The highest BCUT2D eigenvalue weighted by molar-refractivity contribution is 5.80. The molecule has 1 heterocycles. The summed E-state index contributed by atoms with van der Waals surface area (Å²) in [5.41, 5.74) is 0.840. The Morgan fingerprint density at radius 3 is 2.75 bits per heavy atom. The van der Waals surface area contributed by atoms with Crippen LogP contribution in [0.2, 0.25) is 0 Å². The number of benzene rings is 2.